The molecule has 0 aliphatic carbocycles. The third-order valence-electron chi connectivity index (χ3n) is 3.55. The molecule has 1 fully saturated rings. The van der Waals surface area contributed by atoms with Crippen LogP contribution in [0, 0.1) is 5.92 Å². The van der Waals surface area contributed by atoms with Crippen molar-refractivity contribution in [3.05, 3.63) is 0 Å². The number of hydrogen-bond acceptors (Lipinski definition) is 3. The molecule has 1 heterocycles. The van der Waals surface area contributed by atoms with Gasteiger partial charge in [0.25, 0.3) is 0 Å². The summed E-state index contributed by atoms with van der Waals surface area (Å²) >= 11 is 0. The molecule has 0 radical (unpaired) electrons. The highest BCUT2D eigenvalue weighted by atomic mass is 16.2. The predicted molar refractivity (Wildman–Crippen MR) is 66.3 cm³/mol. The zero-order chi connectivity index (χ0) is 13.0. The van der Waals surface area contributed by atoms with Crippen LogP contribution >= 0.6 is 0 Å². The van der Waals surface area contributed by atoms with E-state index in [2.05, 4.69) is 13.8 Å². The van der Waals surface area contributed by atoms with Crippen molar-refractivity contribution in [2.45, 2.75) is 33.2 Å². The Balaban J connectivity index is 2.55. The second-order valence-electron chi connectivity index (χ2n) is 4.73. The molecule has 2 unspecified atom stereocenters. The lowest BCUT2D eigenvalue weighted by atomic mass is 9.99. The molecule has 17 heavy (non-hydrogen) atoms. The van der Waals surface area contributed by atoms with Crippen molar-refractivity contribution >= 4 is 11.8 Å². The van der Waals surface area contributed by atoms with Gasteiger partial charge in [0.2, 0.25) is 11.8 Å². The van der Waals surface area contributed by atoms with Crippen LogP contribution in [0.15, 0.2) is 0 Å². The van der Waals surface area contributed by atoms with Gasteiger partial charge in [-0.05, 0) is 12.8 Å². The van der Waals surface area contributed by atoms with Crippen LogP contribution in [0.2, 0.25) is 0 Å². The Labute approximate surface area is 103 Å². The van der Waals surface area contributed by atoms with E-state index in [1.54, 1.807) is 9.80 Å². The summed E-state index contributed by atoms with van der Waals surface area (Å²) in [7, 11) is 0. The standard InChI is InChI=1S/C12H23N3O2/c1-4-9(3)10(13)6-15-8-11(16)14(5-2)7-12(15)17/h9-10H,4-8,13H2,1-3H3. The van der Waals surface area contributed by atoms with Crippen molar-refractivity contribution in [1.82, 2.24) is 9.80 Å². The van der Waals surface area contributed by atoms with E-state index in [0.717, 1.165) is 6.42 Å². The minimum absolute atomic E-state index is 0.00482. The van der Waals surface area contributed by atoms with Crippen molar-refractivity contribution in [1.29, 1.82) is 0 Å². The number of carbonyl (C=O) groups is 2. The molecule has 1 rings (SSSR count). The van der Waals surface area contributed by atoms with E-state index in [1.807, 2.05) is 6.92 Å². The highest BCUT2D eigenvalue weighted by Crippen LogP contribution is 2.10. The number of likely N-dealkylation sites (N-methyl/N-ethyl adjacent to an activating group) is 1. The van der Waals surface area contributed by atoms with Gasteiger partial charge in [-0.25, -0.2) is 0 Å². The van der Waals surface area contributed by atoms with Gasteiger partial charge in [-0.15, -0.1) is 0 Å². The molecule has 0 bridgehead atoms. The van der Waals surface area contributed by atoms with Gasteiger partial charge < -0.3 is 15.5 Å². The van der Waals surface area contributed by atoms with Crippen LogP contribution < -0.4 is 5.73 Å². The maximum absolute atomic E-state index is 11.8. The highest BCUT2D eigenvalue weighted by molar-refractivity contribution is 5.92. The Morgan fingerprint density at radius 3 is 2.24 bits per heavy atom. The first-order valence-electron chi connectivity index (χ1n) is 6.30. The van der Waals surface area contributed by atoms with E-state index in [4.69, 9.17) is 5.73 Å². The van der Waals surface area contributed by atoms with E-state index in [9.17, 15) is 9.59 Å². The first-order valence-corrected chi connectivity index (χ1v) is 6.30. The highest BCUT2D eigenvalue weighted by Gasteiger charge is 2.30. The number of hydrogen-bond donors (Lipinski definition) is 1. The number of piperazine rings is 1. The monoisotopic (exact) mass is 241 g/mol. The Morgan fingerprint density at radius 2 is 1.71 bits per heavy atom. The van der Waals surface area contributed by atoms with Crippen molar-refractivity contribution in [3.8, 4) is 0 Å². The number of amides is 2. The maximum Gasteiger partial charge on any atom is 0.242 e. The molecule has 2 atom stereocenters. The summed E-state index contributed by atoms with van der Waals surface area (Å²) in [5.74, 6) is 0.385. The van der Waals surface area contributed by atoms with E-state index in [-0.39, 0.29) is 30.9 Å². The zero-order valence-corrected chi connectivity index (χ0v) is 11.0. The van der Waals surface area contributed by atoms with Crippen molar-refractivity contribution < 1.29 is 9.59 Å². The topological polar surface area (TPSA) is 66.6 Å². The quantitative estimate of drug-likeness (QED) is 0.739. The second kappa shape index (κ2) is 6.00. The van der Waals surface area contributed by atoms with Gasteiger partial charge >= 0.3 is 0 Å². The molecule has 0 saturated carbocycles. The molecular formula is C12H23N3O2. The molecule has 0 aromatic heterocycles. The van der Waals surface area contributed by atoms with E-state index in [1.165, 1.54) is 0 Å². The lowest BCUT2D eigenvalue weighted by molar-refractivity contribution is -0.150. The summed E-state index contributed by atoms with van der Waals surface area (Å²) in [5, 5.41) is 0. The average Bonchev–Trinajstić information content (AvgIpc) is 2.32. The number of carbonyl (C=O) groups excluding carboxylic acids is 2. The van der Waals surface area contributed by atoms with E-state index >= 15 is 0 Å². The molecule has 0 aromatic carbocycles. The molecule has 0 aromatic rings. The largest absolute Gasteiger partial charge is 0.332 e. The molecule has 98 valence electrons. The van der Waals surface area contributed by atoms with Crippen LogP contribution in [-0.2, 0) is 9.59 Å². The van der Waals surface area contributed by atoms with Gasteiger partial charge in [0.15, 0.2) is 0 Å². The van der Waals surface area contributed by atoms with Crippen LogP contribution in [0.25, 0.3) is 0 Å². The summed E-state index contributed by atoms with van der Waals surface area (Å²) in [5.41, 5.74) is 6.01. The van der Waals surface area contributed by atoms with Gasteiger partial charge in [0.05, 0.1) is 13.1 Å². The molecule has 1 aliphatic heterocycles. The number of nitrogens with zero attached hydrogens (tertiary/aromatic N) is 2. The fraction of sp³-hybridized carbons (Fsp3) is 0.833. The molecule has 1 saturated heterocycles. The van der Waals surface area contributed by atoms with Crippen LogP contribution in [0.3, 0.4) is 0 Å². The van der Waals surface area contributed by atoms with Crippen LogP contribution in [0.5, 0.6) is 0 Å². The van der Waals surface area contributed by atoms with E-state index < -0.39 is 0 Å². The summed E-state index contributed by atoms with van der Waals surface area (Å²) in [6.07, 6.45) is 0.984. The third-order valence-corrected chi connectivity index (χ3v) is 3.55. The molecule has 2 amide bonds. The normalized spacial score (nSPS) is 20.7. The van der Waals surface area contributed by atoms with Crippen molar-refractivity contribution in [2.75, 3.05) is 26.2 Å². The van der Waals surface area contributed by atoms with Crippen molar-refractivity contribution in [2.24, 2.45) is 11.7 Å². The fourth-order valence-electron chi connectivity index (χ4n) is 1.89. The minimum Gasteiger partial charge on any atom is -0.332 e. The molecular weight excluding hydrogens is 218 g/mol. The summed E-state index contributed by atoms with van der Waals surface area (Å²) in [6, 6.07) is -0.0510. The van der Waals surface area contributed by atoms with Crippen LogP contribution in [0.1, 0.15) is 27.2 Å². The Morgan fingerprint density at radius 1 is 1.18 bits per heavy atom. The van der Waals surface area contributed by atoms with Crippen LogP contribution in [0.4, 0.5) is 0 Å². The lowest BCUT2D eigenvalue weighted by Gasteiger charge is -2.35. The molecule has 0 spiro atoms. The first kappa shape index (κ1) is 14.0. The van der Waals surface area contributed by atoms with Gasteiger partial charge in [0.1, 0.15) is 0 Å². The summed E-state index contributed by atoms with van der Waals surface area (Å²) in [6.45, 7) is 7.48. The third kappa shape index (κ3) is 3.43. The molecule has 1 aliphatic rings. The average molecular weight is 241 g/mol. The Bertz CT molecular complexity index is 293. The van der Waals surface area contributed by atoms with Gasteiger partial charge in [0, 0.05) is 19.1 Å². The molecule has 5 nitrogen and oxygen atoms in total. The van der Waals surface area contributed by atoms with Gasteiger partial charge in [-0.2, -0.15) is 0 Å². The van der Waals surface area contributed by atoms with Crippen molar-refractivity contribution in [3.63, 3.8) is 0 Å². The summed E-state index contributed by atoms with van der Waals surface area (Å²) in [4.78, 5) is 26.7. The maximum atomic E-state index is 11.8. The Hall–Kier alpha value is -1.10. The van der Waals surface area contributed by atoms with Gasteiger partial charge in [-0.3, -0.25) is 9.59 Å². The smallest absolute Gasteiger partial charge is 0.242 e. The minimum atomic E-state index is -0.0510. The molecule has 5 heteroatoms. The van der Waals surface area contributed by atoms with Crippen LogP contribution in [-0.4, -0.2) is 53.8 Å². The van der Waals surface area contributed by atoms with Gasteiger partial charge in [-0.1, -0.05) is 20.3 Å². The second-order valence-corrected chi connectivity index (χ2v) is 4.73. The van der Waals surface area contributed by atoms with E-state index in [0.29, 0.717) is 19.0 Å². The SMILES string of the molecule is CCC(C)C(N)CN1CC(=O)N(CC)CC1=O. The first-order chi connectivity index (χ1) is 7.99. The predicted octanol–water partition coefficient (Wildman–Crippen LogP) is 0.0505. The summed E-state index contributed by atoms with van der Waals surface area (Å²) < 4.78 is 0. The fourth-order valence-corrected chi connectivity index (χ4v) is 1.89. The molecule has 2 N–H and O–H groups in total. The zero-order valence-electron chi connectivity index (χ0n) is 11.0. The Kier molecular flexibility index (Phi) is 4.93. The lowest BCUT2D eigenvalue weighted by Crippen LogP contribution is -2.56. The number of rotatable bonds is 5. The number of nitrogens with two attached hydrogens (primary N) is 1.